The van der Waals surface area contributed by atoms with Gasteiger partial charge in [-0.1, -0.05) is 22.8 Å². The van der Waals surface area contributed by atoms with Crippen molar-refractivity contribution in [2.45, 2.75) is 12.8 Å². The van der Waals surface area contributed by atoms with Crippen LogP contribution in [0.4, 0.5) is 0 Å². The Bertz CT molecular complexity index is 429. The number of carbonyl (C=O) groups is 1. The zero-order chi connectivity index (χ0) is 12.5. The number of hydrogen-bond donors (Lipinski definition) is 1. The molecular formula is C11H13ClN4O. The summed E-state index contributed by atoms with van der Waals surface area (Å²) in [5.41, 5.74) is 8.61. The van der Waals surface area contributed by atoms with Crippen LogP contribution in [0.5, 0.6) is 0 Å². The smallest absolute Gasteiger partial charge is 0.251 e. The number of halogens is 1. The minimum Gasteiger partial charge on any atom is -0.352 e. The van der Waals surface area contributed by atoms with Crippen LogP contribution >= 0.6 is 11.6 Å². The summed E-state index contributed by atoms with van der Waals surface area (Å²) in [5.74, 6) is -0.142. The van der Waals surface area contributed by atoms with Crippen LogP contribution in [0.1, 0.15) is 23.2 Å². The van der Waals surface area contributed by atoms with Crippen molar-refractivity contribution in [2.75, 3.05) is 13.1 Å². The minimum absolute atomic E-state index is 0.142. The van der Waals surface area contributed by atoms with E-state index in [1.165, 1.54) is 0 Å². The Morgan fingerprint density at radius 3 is 3.00 bits per heavy atom. The van der Waals surface area contributed by atoms with Crippen molar-refractivity contribution in [1.29, 1.82) is 0 Å². The van der Waals surface area contributed by atoms with E-state index in [2.05, 4.69) is 15.3 Å². The molecule has 1 amide bonds. The van der Waals surface area contributed by atoms with Gasteiger partial charge in [-0.25, -0.2) is 0 Å². The summed E-state index contributed by atoms with van der Waals surface area (Å²) < 4.78 is 0. The van der Waals surface area contributed by atoms with E-state index in [1.807, 2.05) is 0 Å². The van der Waals surface area contributed by atoms with E-state index in [4.69, 9.17) is 17.1 Å². The van der Waals surface area contributed by atoms with Gasteiger partial charge in [-0.15, -0.1) is 0 Å². The molecule has 90 valence electrons. The molecule has 0 radical (unpaired) electrons. The summed E-state index contributed by atoms with van der Waals surface area (Å²) in [7, 11) is 0. The van der Waals surface area contributed by atoms with E-state index in [9.17, 15) is 4.79 Å². The Balaban J connectivity index is 2.28. The van der Waals surface area contributed by atoms with Gasteiger partial charge in [-0.3, -0.25) is 4.79 Å². The van der Waals surface area contributed by atoms with Crippen LogP contribution in [0.3, 0.4) is 0 Å². The second kappa shape index (κ2) is 7.54. The summed E-state index contributed by atoms with van der Waals surface area (Å²) in [4.78, 5) is 14.3. The quantitative estimate of drug-likeness (QED) is 0.359. The van der Waals surface area contributed by atoms with Gasteiger partial charge in [0.1, 0.15) is 0 Å². The van der Waals surface area contributed by atoms with Crippen molar-refractivity contribution in [3.05, 3.63) is 45.3 Å². The van der Waals surface area contributed by atoms with E-state index in [-0.39, 0.29) is 5.91 Å². The van der Waals surface area contributed by atoms with Gasteiger partial charge in [0.2, 0.25) is 0 Å². The number of unbranched alkanes of at least 4 members (excludes halogenated alkanes) is 1. The summed E-state index contributed by atoms with van der Waals surface area (Å²) >= 11 is 5.78. The monoisotopic (exact) mass is 252 g/mol. The van der Waals surface area contributed by atoms with Crippen molar-refractivity contribution >= 4 is 17.5 Å². The zero-order valence-electron chi connectivity index (χ0n) is 9.27. The highest BCUT2D eigenvalue weighted by Crippen LogP contribution is 2.10. The lowest BCUT2D eigenvalue weighted by molar-refractivity contribution is 0.0953. The largest absolute Gasteiger partial charge is 0.352 e. The third kappa shape index (κ3) is 5.24. The van der Waals surface area contributed by atoms with Crippen LogP contribution < -0.4 is 5.32 Å². The van der Waals surface area contributed by atoms with E-state index in [0.29, 0.717) is 23.7 Å². The molecule has 5 nitrogen and oxygen atoms in total. The molecule has 6 heteroatoms. The Morgan fingerprint density at radius 2 is 2.29 bits per heavy atom. The molecule has 1 aromatic carbocycles. The maximum absolute atomic E-state index is 11.6. The van der Waals surface area contributed by atoms with E-state index >= 15 is 0 Å². The number of carbonyl (C=O) groups excluding carboxylic acids is 1. The fraction of sp³-hybridized carbons (Fsp3) is 0.364. The Labute approximate surface area is 104 Å². The molecule has 0 spiro atoms. The summed E-state index contributed by atoms with van der Waals surface area (Å²) in [6, 6.07) is 6.79. The molecule has 0 atom stereocenters. The molecule has 1 aromatic rings. The normalized spacial score (nSPS) is 9.47. The zero-order valence-corrected chi connectivity index (χ0v) is 10.0. The first-order valence-electron chi connectivity index (χ1n) is 5.28. The molecule has 1 rings (SSSR count). The highest BCUT2D eigenvalue weighted by molar-refractivity contribution is 6.30. The van der Waals surface area contributed by atoms with Gasteiger partial charge in [0.05, 0.1) is 0 Å². The summed E-state index contributed by atoms with van der Waals surface area (Å²) in [5, 5.41) is 6.72. The first-order chi connectivity index (χ1) is 8.24. The maximum Gasteiger partial charge on any atom is 0.251 e. The van der Waals surface area contributed by atoms with Gasteiger partial charge in [-0.2, -0.15) is 0 Å². The minimum atomic E-state index is -0.142. The van der Waals surface area contributed by atoms with Gasteiger partial charge in [-0.05, 0) is 36.6 Å². The molecular weight excluding hydrogens is 240 g/mol. The van der Waals surface area contributed by atoms with Crippen molar-refractivity contribution < 1.29 is 4.79 Å². The number of benzene rings is 1. The van der Waals surface area contributed by atoms with Crippen LogP contribution in [0, 0.1) is 0 Å². The second-order valence-electron chi connectivity index (χ2n) is 3.43. The number of nitrogens with one attached hydrogen (secondary N) is 1. The van der Waals surface area contributed by atoms with Gasteiger partial charge in [0.15, 0.2) is 0 Å². The van der Waals surface area contributed by atoms with Crippen molar-refractivity contribution in [1.82, 2.24) is 5.32 Å². The van der Waals surface area contributed by atoms with Gasteiger partial charge in [0, 0.05) is 28.6 Å². The van der Waals surface area contributed by atoms with Crippen LogP contribution in [-0.2, 0) is 0 Å². The highest BCUT2D eigenvalue weighted by atomic mass is 35.5. The average Bonchev–Trinajstić information content (AvgIpc) is 2.33. The summed E-state index contributed by atoms with van der Waals surface area (Å²) in [6.45, 7) is 1.02. The molecule has 0 unspecified atom stereocenters. The average molecular weight is 253 g/mol. The van der Waals surface area contributed by atoms with Crippen LogP contribution in [-0.4, -0.2) is 19.0 Å². The molecule has 0 fully saturated rings. The third-order valence-electron chi connectivity index (χ3n) is 2.12. The molecule has 0 saturated heterocycles. The molecule has 1 N–H and O–H groups in total. The molecule has 0 aliphatic heterocycles. The number of azide groups is 1. The van der Waals surface area contributed by atoms with Crippen LogP contribution in [0.2, 0.25) is 5.02 Å². The predicted octanol–water partition coefficient (Wildman–Crippen LogP) is 3.16. The molecule has 0 saturated carbocycles. The molecule has 0 aliphatic rings. The van der Waals surface area contributed by atoms with Crippen molar-refractivity contribution in [3.8, 4) is 0 Å². The van der Waals surface area contributed by atoms with E-state index < -0.39 is 0 Å². The number of amides is 1. The number of hydrogen-bond acceptors (Lipinski definition) is 2. The fourth-order valence-electron chi connectivity index (χ4n) is 1.29. The van der Waals surface area contributed by atoms with Gasteiger partial charge >= 0.3 is 0 Å². The SMILES string of the molecule is [N-]=[N+]=NCCCCNC(=O)c1cccc(Cl)c1. The Morgan fingerprint density at radius 1 is 1.47 bits per heavy atom. The maximum atomic E-state index is 11.6. The topological polar surface area (TPSA) is 77.9 Å². The Hall–Kier alpha value is -1.71. The lowest BCUT2D eigenvalue weighted by Crippen LogP contribution is -2.24. The lowest BCUT2D eigenvalue weighted by atomic mass is 10.2. The first-order valence-corrected chi connectivity index (χ1v) is 5.66. The highest BCUT2D eigenvalue weighted by Gasteiger charge is 2.04. The first kappa shape index (κ1) is 13.4. The Kier molecular flexibility index (Phi) is 5.93. The second-order valence-corrected chi connectivity index (χ2v) is 3.86. The van der Waals surface area contributed by atoms with Crippen molar-refractivity contribution in [2.24, 2.45) is 5.11 Å². The number of nitrogens with zero attached hydrogens (tertiary/aromatic N) is 3. The number of rotatable bonds is 6. The molecule has 0 bridgehead atoms. The summed E-state index contributed by atoms with van der Waals surface area (Å²) in [6.07, 6.45) is 1.55. The molecule has 0 heterocycles. The van der Waals surface area contributed by atoms with Crippen LogP contribution in [0.25, 0.3) is 10.4 Å². The standard InChI is InChI=1S/C11H13ClN4O/c12-10-5-3-4-9(8-10)11(17)14-6-1-2-7-15-16-13/h3-5,8H,1-2,6-7H2,(H,14,17). The van der Waals surface area contributed by atoms with Gasteiger partial charge < -0.3 is 5.32 Å². The molecule has 0 aliphatic carbocycles. The van der Waals surface area contributed by atoms with E-state index in [1.54, 1.807) is 24.3 Å². The van der Waals surface area contributed by atoms with E-state index in [0.717, 1.165) is 12.8 Å². The third-order valence-corrected chi connectivity index (χ3v) is 2.36. The van der Waals surface area contributed by atoms with Crippen molar-refractivity contribution in [3.63, 3.8) is 0 Å². The molecule has 17 heavy (non-hydrogen) atoms. The fourth-order valence-corrected chi connectivity index (χ4v) is 1.48. The molecule has 0 aromatic heterocycles. The predicted molar refractivity (Wildman–Crippen MR) is 67.0 cm³/mol. The van der Waals surface area contributed by atoms with Gasteiger partial charge in [0.25, 0.3) is 5.91 Å². The van der Waals surface area contributed by atoms with Crippen LogP contribution in [0.15, 0.2) is 29.4 Å². The lowest BCUT2D eigenvalue weighted by Gasteiger charge is -2.04.